The lowest BCUT2D eigenvalue weighted by atomic mass is 9.78. The van der Waals surface area contributed by atoms with Gasteiger partial charge in [-0.3, -0.25) is 9.59 Å². The summed E-state index contributed by atoms with van der Waals surface area (Å²) in [4.78, 5) is 26.4. The van der Waals surface area contributed by atoms with Crippen LogP contribution >= 0.6 is 11.3 Å². The topological polar surface area (TPSA) is 34.1 Å². The second-order valence-corrected chi connectivity index (χ2v) is 8.48. The minimum atomic E-state index is -0.611. The highest BCUT2D eigenvalue weighted by atomic mass is 32.1. The van der Waals surface area contributed by atoms with Gasteiger partial charge in [-0.15, -0.1) is 11.3 Å². The molecule has 132 valence electrons. The Morgan fingerprint density at radius 1 is 0.926 bits per heavy atom. The number of carbonyl (C=O) groups excluding carboxylic acids is 2. The number of carbonyl (C=O) groups is 2. The van der Waals surface area contributed by atoms with Gasteiger partial charge in [-0.05, 0) is 32.4 Å². The van der Waals surface area contributed by atoms with Gasteiger partial charge in [-0.2, -0.15) is 0 Å². The van der Waals surface area contributed by atoms with Gasteiger partial charge in [0.1, 0.15) is 0 Å². The van der Waals surface area contributed by atoms with Gasteiger partial charge in [0.15, 0.2) is 11.6 Å². The van der Waals surface area contributed by atoms with Crippen molar-refractivity contribution in [3.8, 4) is 0 Å². The number of fused-ring (bicyclic) bond motifs is 4. The minimum absolute atomic E-state index is 0.0432. The van der Waals surface area contributed by atoms with Gasteiger partial charge in [0.2, 0.25) is 0 Å². The predicted molar refractivity (Wildman–Crippen MR) is 113 cm³/mol. The Morgan fingerprint density at radius 3 is 2.48 bits per heavy atom. The van der Waals surface area contributed by atoms with E-state index in [1.165, 1.54) is 10.1 Å². The molecule has 0 bridgehead atoms. The standard InChI is InChI=1S/C24H18O2S/c1-13(2)10-11-17-22(25)15-7-5-8-16-21(15)19(23(17)26)12-18-14-6-3-4-9-20(14)27-24(16)18/h3-10,12,17H,11H2,1-2H3. The molecule has 0 saturated heterocycles. The van der Waals surface area contributed by atoms with Gasteiger partial charge >= 0.3 is 0 Å². The van der Waals surface area contributed by atoms with E-state index in [1.807, 2.05) is 56.3 Å². The predicted octanol–water partition coefficient (Wildman–Crippen LogP) is 6.56. The molecule has 3 aromatic carbocycles. The Bertz CT molecular complexity index is 1300. The van der Waals surface area contributed by atoms with Crippen LogP contribution in [0.2, 0.25) is 0 Å². The van der Waals surface area contributed by atoms with Crippen LogP contribution < -0.4 is 0 Å². The lowest BCUT2D eigenvalue weighted by molar-refractivity contribution is 0.0804. The highest BCUT2D eigenvalue weighted by Gasteiger charge is 2.35. The SMILES string of the molecule is CC(C)=CCC1C(=O)c2cccc3c2c(cc2c4ccccc4sc32)C1=O. The summed E-state index contributed by atoms with van der Waals surface area (Å²) < 4.78 is 2.36. The average Bonchev–Trinajstić information content (AvgIpc) is 3.04. The van der Waals surface area contributed by atoms with Gasteiger partial charge in [0.25, 0.3) is 0 Å². The Morgan fingerprint density at radius 2 is 1.67 bits per heavy atom. The number of allylic oxidation sites excluding steroid dienone is 2. The molecule has 0 fully saturated rings. The van der Waals surface area contributed by atoms with Crippen LogP contribution in [-0.2, 0) is 0 Å². The van der Waals surface area contributed by atoms with Crippen molar-refractivity contribution in [3.63, 3.8) is 0 Å². The summed E-state index contributed by atoms with van der Waals surface area (Å²) in [5.41, 5.74) is 2.51. The zero-order valence-corrected chi connectivity index (χ0v) is 16.0. The smallest absolute Gasteiger partial charge is 0.174 e. The van der Waals surface area contributed by atoms with E-state index in [9.17, 15) is 9.59 Å². The maximum absolute atomic E-state index is 13.3. The molecule has 1 atom stereocenters. The Balaban J connectivity index is 1.87. The third kappa shape index (κ3) is 2.31. The molecule has 1 heterocycles. The lowest BCUT2D eigenvalue weighted by Crippen LogP contribution is -2.28. The Labute approximate surface area is 161 Å². The molecule has 4 aromatic rings. The van der Waals surface area contributed by atoms with Crippen molar-refractivity contribution in [2.45, 2.75) is 20.3 Å². The zero-order chi connectivity index (χ0) is 18.7. The number of hydrogen-bond acceptors (Lipinski definition) is 3. The Kier molecular flexibility index (Phi) is 3.56. The maximum Gasteiger partial charge on any atom is 0.174 e. The summed E-state index contributed by atoms with van der Waals surface area (Å²) in [6.45, 7) is 3.99. The van der Waals surface area contributed by atoms with Crippen molar-refractivity contribution in [1.82, 2.24) is 0 Å². The molecule has 1 aromatic heterocycles. The minimum Gasteiger partial charge on any atom is -0.293 e. The number of hydrogen-bond donors (Lipinski definition) is 0. The molecule has 3 heteroatoms. The van der Waals surface area contributed by atoms with E-state index in [1.54, 1.807) is 11.3 Å². The van der Waals surface area contributed by atoms with Crippen molar-refractivity contribution < 1.29 is 9.59 Å². The first kappa shape index (κ1) is 16.4. The number of thiophene rings is 1. The van der Waals surface area contributed by atoms with Crippen LogP contribution in [0.1, 0.15) is 41.0 Å². The summed E-state index contributed by atoms with van der Waals surface area (Å²) in [5, 5.41) is 4.13. The van der Waals surface area contributed by atoms with Crippen molar-refractivity contribution in [2.75, 3.05) is 0 Å². The monoisotopic (exact) mass is 370 g/mol. The molecule has 0 spiro atoms. The molecule has 1 aliphatic rings. The van der Waals surface area contributed by atoms with E-state index >= 15 is 0 Å². The highest BCUT2D eigenvalue weighted by molar-refractivity contribution is 7.26. The summed E-state index contributed by atoms with van der Waals surface area (Å²) in [6.07, 6.45) is 2.46. The lowest BCUT2D eigenvalue weighted by Gasteiger charge is -2.22. The summed E-state index contributed by atoms with van der Waals surface area (Å²) >= 11 is 1.73. The molecular weight excluding hydrogens is 352 g/mol. The number of rotatable bonds is 2. The van der Waals surface area contributed by atoms with Crippen LogP contribution in [0, 0.1) is 5.92 Å². The fraction of sp³-hybridized carbons (Fsp3) is 0.167. The summed E-state index contributed by atoms with van der Waals surface area (Å²) in [7, 11) is 0. The number of Topliss-reactive ketones (excluding diaryl/α,β-unsaturated/α-hetero) is 2. The number of benzene rings is 3. The van der Waals surface area contributed by atoms with E-state index in [0.717, 1.165) is 26.4 Å². The molecule has 27 heavy (non-hydrogen) atoms. The van der Waals surface area contributed by atoms with E-state index in [4.69, 9.17) is 0 Å². The van der Waals surface area contributed by atoms with Crippen LogP contribution in [0.25, 0.3) is 30.9 Å². The first-order valence-corrected chi connectivity index (χ1v) is 9.96. The first-order chi connectivity index (χ1) is 13.1. The maximum atomic E-state index is 13.3. The molecule has 0 N–H and O–H groups in total. The van der Waals surface area contributed by atoms with Crippen LogP contribution in [0.3, 0.4) is 0 Å². The van der Waals surface area contributed by atoms with Crippen LogP contribution in [0.15, 0.2) is 60.2 Å². The molecule has 2 nitrogen and oxygen atoms in total. The third-order valence-electron chi connectivity index (χ3n) is 5.43. The zero-order valence-electron chi connectivity index (χ0n) is 15.2. The van der Waals surface area contributed by atoms with Gasteiger partial charge in [0.05, 0.1) is 5.92 Å². The molecule has 1 aliphatic carbocycles. The van der Waals surface area contributed by atoms with Crippen LogP contribution in [0.5, 0.6) is 0 Å². The van der Waals surface area contributed by atoms with Gasteiger partial charge in [-0.25, -0.2) is 0 Å². The first-order valence-electron chi connectivity index (χ1n) is 9.15. The summed E-state index contributed by atoms with van der Waals surface area (Å²) in [5.74, 6) is -0.699. The quantitative estimate of drug-likeness (QED) is 0.296. The third-order valence-corrected chi connectivity index (χ3v) is 6.65. The van der Waals surface area contributed by atoms with Crippen molar-refractivity contribution in [2.24, 2.45) is 5.92 Å². The van der Waals surface area contributed by atoms with Crippen LogP contribution in [-0.4, -0.2) is 11.6 Å². The molecular formula is C24H18O2S. The van der Waals surface area contributed by atoms with Gasteiger partial charge in [-0.1, -0.05) is 48.0 Å². The molecule has 0 radical (unpaired) electrons. The van der Waals surface area contributed by atoms with E-state index in [-0.39, 0.29) is 11.6 Å². The highest BCUT2D eigenvalue weighted by Crippen LogP contribution is 2.43. The Hall–Kier alpha value is -2.78. The molecule has 0 aliphatic heterocycles. The molecule has 5 rings (SSSR count). The van der Waals surface area contributed by atoms with Crippen LogP contribution in [0.4, 0.5) is 0 Å². The fourth-order valence-electron chi connectivity index (χ4n) is 4.12. The fourth-order valence-corrected chi connectivity index (χ4v) is 5.33. The van der Waals surface area contributed by atoms with Crippen molar-refractivity contribution >= 4 is 53.8 Å². The van der Waals surface area contributed by atoms with E-state index in [0.29, 0.717) is 17.5 Å². The average molecular weight is 370 g/mol. The van der Waals surface area contributed by atoms with Crippen molar-refractivity contribution in [1.29, 1.82) is 0 Å². The molecule has 1 unspecified atom stereocenters. The van der Waals surface area contributed by atoms with E-state index < -0.39 is 5.92 Å². The molecule has 0 saturated carbocycles. The number of ketones is 2. The van der Waals surface area contributed by atoms with Gasteiger partial charge in [0, 0.05) is 42.1 Å². The van der Waals surface area contributed by atoms with Gasteiger partial charge < -0.3 is 0 Å². The largest absolute Gasteiger partial charge is 0.293 e. The van der Waals surface area contributed by atoms with Crippen molar-refractivity contribution in [3.05, 3.63) is 71.3 Å². The van der Waals surface area contributed by atoms with E-state index in [2.05, 4.69) is 12.1 Å². The normalized spacial score (nSPS) is 16.4. The second-order valence-electron chi connectivity index (χ2n) is 7.43. The molecule has 0 amide bonds. The second kappa shape index (κ2) is 5.86. The summed E-state index contributed by atoms with van der Waals surface area (Å²) in [6, 6.07) is 16.2.